The summed E-state index contributed by atoms with van der Waals surface area (Å²) in [7, 11) is 0. The normalized spacial score (nSPS) is 10.1. The minimum atomic E-state index is 0. The maximum atomic E-state index is 5.78. The van der Waals surface area contributed by atoms with Crippen LogP contribution in [-0.4, -0.2) is 4.98 Å². The van der Waals surface area contributed by atoms with E-state index in [0.29, 0.717) is 6.54 Å². The van der Waals surface area contributed by atoms with Gasteiger partial charge in [0.1, 0.15) is 0 Å². The molecule has 2 N–H and O–H groups in total. The fourth-order valence-electron chi connectivity index (χ4n) is 3.27. The SMILES string of the molecule is NCc1cccc(-c2cccc3ccc(-[c-]4cccc4)nc23)c1.[Fe].[cH-]1[cH-][cH-][cH-][cH-]1. The molecule has 150 valence electrons. The summed E-state index contributed by atoms with van der Waals surface area (Å²) in [6.45, 7) is 0.546. The summed E-state index contributed by atoms with van der Waals surface area (Å²) in [5.74, 6) is 0. The Morgan fingerprint density at radius 1 is 0.793 bits per heavy atom. The molecule has 5 rings (SSSR count). The molecule has 0 atom stereocenters. The van der Waals surface area contributed by atoms with Gasteiger partial charge in [-0.3, -0.25) is 4.98 Å². The predicted molar refractivity (Wildman–Crippen MR) is 118 cm³/mol. The third-order valence-corrected chi connectivity index (χ3v) is 4.71. The summed E-state index contributed by atoms with van der Waals surface area (Å²) in [6.07, 6.45) is 0. The van der Waals surface area contributed by atoms with Crippen molar-refractivity contribution in [1.82, 2.24) is 4.98 Å². The monoisotopic (exact) mass is 418 g/mol. The summed E-state index contributed by atoms with van der Waals surface area (Å²) < 4.78 is 0. The van der Waals surface area contributed by atoms with Gasteiger partial charge >= 0.3 is 0 Å². The number of rotatable bonds is 3. The van der Waals surface area contributed by atoms with E-state index in [4.69, 9.17) is 10.7 Å². The molecule has 0 saturated carbocycles. The fraction of sp³-hybridized carbons (Fsp3) is 0.0385. The topological polar surface area (TPSA) is 38.9 Å². The first-order valence-electron chi connectivity index (χ1n) is 9.43. The molecule has 0 amide bonds. The maximum absolute atomic E-state index is 5.78. The summed E-state index contributed by atoms with van der Waals surface area (Å²) in [5, 5.41) is 1.15. The van der Waals surface area contributed by atoms with E-state index < -0.39 is 0 Å². The molecule has 5 aromatic rings. The number of para-hydroxylation sites is 1. The standard InChI is InChI=1S/C21H17N2.C5H5.Fe/c22-14-15-5-3-9-18(13-15)19-10-4-8-17-11-12-20(23-21(17)19)16-6-1-2-7-16;1-2-4-5-3-1;/h1-13H,14,22H2;1-5H;/q-1;-5;. The van der Waals surface area contributed by atoms with Crippen LogP contribution in [0.3, 0.4) is 0 Å². The Kier molecular flexibility index (Phi) is 7.15. The zero-order chi connectivity index (χ0) is 19.2. The van der Waals surface area contributed by atoms with Gasteiger partial charge in [-0.1, -0.05) is 48.0 Å². The summed E-state index contributed by atoms with van der Waals surface area (Å²) in [4.78, 5) is 4.92. The van der Waals surface area contributed by atoms with Gasteiger partial charge in [0, 0.05) is 29.2 Å². The molecule has 1 heterocycles. The summed E-state index contributed by atoms with van der Waals surface area (Å²) >= 11 is 0. The van der Waals surface area contributed by atoms with E-state index in [9.17, 15) is 0 Å². The van der Waals surface area contributed by atoms with Crippen molar-refractivity contribution in [2.24, 2.45) is 5.73 Å². The molecule has 0 saturated heterocycles. The third kappa shape index (κ3) is 4.90. The molecule has 0 spiro atoms. The Hall–Kier alpha value is -2.97. The van der Waals surface area contributed by atoms with Crippen LogP contribution in [0.1, 0.15) is 5.56 Å². The van der Waals surface area contributed by atoms with Crippen molar-refractivity contribution in [1.29, 1.82) is 0 Å². The number of hydrogen-bond acceptors (Lipinski definition) is 2. The predicted octanol–water partition coefficient (Wildman–Crippen LogP) is 6.15. The molecule has 0 radical (unpaired) electrons. The van der Waals surface area contributed by atoms with Crippen molar-refractivity contribution in [3.63, 3.8) is 0 Å². The molecule has 2 nitrogen and oxygen atoms in total. The molecule has 0 aliphatic heterocycles. The van der Waals surface area contributed by atoms with Crippen LogP contribution in [0, 0.1) is 0 Å². The average Bonchev–Trinajstić information content (AvgIpc) is 3.50. The minimum absolute atomic E-state index is 0. The van der Waals surface area contributed by atoms with Crippen molar-refractivity contribution in [2.45, 2.75) is 6.54 Å². The molecule has 0 aliphatic rings. The van der Waals surface area contributed by atoms with E-state index in [1.165, 1.54) is 0 Å². The van der Waals surface area contributed by atoms with Gasteiger partial charge in [-0.05, 0) is 28.3 Å². The number of nitrogens with two attached hydrogens (primary N) is 1. The van der Waals surface area contributed by atoms with E-state index in [-0.39, 0.29) is 17.1 Å². The van der Waals surface area contributed by atoms with E-state index >= 15 is 0 Å². The fourth-order valence-corrected chi connectivity index (χ4v) is 3.27. The average molecular weight is 418 g/mol. The Morgan fingerprint density at radius 3 is 2.17 bits per heavy atom. The summed E-state index contributed by atoms with van der Waals surface area (Å²) in [6, 6.07) is 37.2. The minimum Gasteiger partial charge on any atom is -0.748 e. The van der Waals surface area contributed by atoms with Gasteiger partial charge in [0.25, 0.3) is 0 Å². The van der Waals surface area contributed by atoms with E-state index in [2.05, 4.69) is 66.7 Å². The zero-order valence-electron chi connectivity index (χ0n) is 16.0. The molecule has 29 heavy (non-hydrogen) atoms. The first-order chi connectivity index (χ1) is 13.8. The van der Waals surface area contributed by atoms with Crippen LogP contribution in [0.15, 0.2) is 109 Å². The second-order valence-electron chi connectivity index (χ2n) is 6.61. The van der Waals surface area contributed by atoms with E-state index in [1.807, 2.05) is 42.5 Å². The molecular weight excluding hydrogens is 396 g/mol. The quantitative estimate of drug-likeness (QED) is 0.282. The van der Waals surface area contributed by atoms with Gasteiger partial charge in [-0.25, -0.2) is 0 Å². The molecule has 3 heteroatoms. The van der Waals surface area contributed by atoms with Gasteiger partial charge in [-0.15, -0.1) is 18.2 Å². The number of aromatic nitrogens is 1. The molecule has 1 aromatic heterocycles. The first-order valence-corrected chi connectivity index (χ1v) is 9.43. The van der Waals surface area contributed by atoms with E-state index in [1.54, 1.807) is 0 Å². The van der Waals surface area contributed by atoms with Crippen molar-refractivity contribution in [2.75, 3.05) is 0 Å². The van der Waals surface area contributed by atoms with Gasteiger partial charge in [-0.2, -0.15) is 12.1 Å². The van der Waals surface area contributed by atoms with Crippen LogP contribution >= 0.6 is 0 Å². The van der Waals surface area contributed by atoms with Crippen molar-refractivity contribution in [3.8, 4) is 22.4 Å². The Labute approximate surface area is 182 Å². The maximum Gasteiger partial charge on any atom is 0.0760 e. The molecule has 0 aliphatic carbocycles. The second-order valence-corrected chi connectivity index (χ2v) is 6.61. The van der Waals surface area contributed by atoms with Crippen molar-refractivity contribution < 1.29 is 17.1 Å². The van der Waals surface area contributed by atoms with Crippen LogP contribution in [0.25, 0.3) is 33.3 Å². The smallest absolute Gasteiger partial charge is 0.0760 e. The zero-order valence-corrected chi connectivity index (χ0v) is 17.1. The van der Waals surface area contributed by atoms with Crippen LogP contribution < -0.4 is 5.73 Å². The molecular formula is C26H22FeN2-6. The third-order valence-electron chi connectivity index (χ3n) is 4.71. The van der Waals surface area contributed by atoms with Crippen LogP contribution in [0.5, 0.6) is 0 Å². The Morgan fingerprint density at radius 2 is 1.48 bits per heavy atom. The largest absolute Gasteiger partial charge is 0.748 e. The number of fused-ring (bicyclic) bond motifs is 1. The number of benzene rings is 2. The van der Waals surface area contributed by atoms with Gasteiger partial charge in [0.05, 0.1) is 5.52 Å². The Balaban J connectivity index is 0.000000352. The first kappa shape index (κ1) is 20.8. The molecule has 4 aromatic carbocycles. The number of nitrogens with zero attached hydrogens (tertiary/aromatic N) is 1. The van der Waals surface area contributed by atoms with Gasteiger partial charge in [0.2, 0.25) is 0 Å². The van der Waals surface area contributed by atoms with Crippen LogP contribution in [0.4, 0.5) is 0 Å². The van der Waals surface area contributed by atoms with Crippen molar-refractivity contribution >= 4 is 10.9 Å². The van der Waals surface area contributed by atoms with Crippen LogP contribution in [-0.2, 0) is 23.6 Å². The van der Waals surface area contributed by atoms with E-state index in [0.717, 1.165) is 38.9 Å². The van der Waals surface area contributed by atoms with Crippen molar-refractivity contribution in [3.05, 3.63) is 115 Å². The number of hydrogen-bond donors (Lipinski definition) is 1. The molecule has 0 unspecified atom stereocenters. The second kappa shape index (κ2) is 9.99. The van der Waals surface area contributed by atoms with Crippen LogP contribution in [0.2, 0.25) is 0 Å². The van der Waals surface area contributed by atoms with Gasteiger partial charge in [0.15, 0.2) is 0 Å². The summed E-state index contributed by atoms with van der Waals surface area (Å²) in [5.41, 5.74) is 12.4. The number of pyridine rings is 1. The molecule has 0 bridgehead atoms. The Bertz CT molecular complexity index is 1130. The molecule has 0 fully saturated rings. The van der Waals surface area contributed by atoms with Gasteiger partial charge < -0.3 is 36.1 Å².